The molecule has 1 aromatic heterocycles. The van der Waals surface area contributed by atoms with Crippen molar-refractivity contribution < 1.29 is 0 Å². The maximum atomic E-state index is 5.59. The molecule has 0 radical (unpaired) electrons. The largest absolute Gasteiger partial charge is 0.350 e. The van der Waals surface area contributed by atoms with Gasteiger partial charge in [-0.25, -0.2) is 0 Å². The van der Waals surface area contributed by atoms with Gasteiger partial charge in [0.25, 0.3) is 0 Å². The van der Waals surface area contributed by atoms with E-state index in [4.69, 9.17) is 11.6 Å². The van der Waals surface area contributed by atoms with Crippen molar-refractivity contribution in [3.8, 4) is 0 Å². The molecule has 0 unspecified atom stereocenters. The summed E-state index contributed by atoms with van der Waals surface area (Å²) < 4.78 is 2.14. The van der Waals surface area contributed by atoms with E-state index < -0.39 is 0 Å². The highest BCUT2D eigenvalue weighted by Gasteiger charge is 2.04. The second-order valence-electron chi connectivity index (χ2n) is 3.34. The lowest BCUT2D eigenvalue weighted by atomic mass is 10.2. The summed E-state index contributed by atoms with van der Waals surface area (Å²) in [6.45, 7) is 0.824. The molecule has 0 saturated heterocycles. The van der Waals surface area contributed by atoms with Gasteiger partial charge in [-0.1, -0.05) is 18.2 Å². The second-order valence-corrected chi connectivity index (χ2v) is 3.61. The zero-order chi connectivity index (χ0) is 9.97. The van der Waals surface area contributed by atoms with Crippen LogP contribution in [-0.2, 0) is 13.6 Å². The first-order chi connectivity index (χ1) is 6.83. The predicted octanol–water partition coefficient (Wildman–Crippen LogP) is 2.46. The Hall–Kier alpha value is -0.990. The fraction of sp³-hybridized carbons (Fsp3) is 0.273. The van der Waals surface area contributed by atoms with Gasteiger partial charge in [0.05, 0.1) is 6.00 Å². The number of rotatable bonds is 3. The van der Waals surface area contributed by atoms with Crippen molar-refractivity contribution in [1.82, 2.24) is 9.88 Å². The molecule has 2 rings (SSSR count). The molecule has 0 aliphatic heterocycles. The third kappa shape index (κ3) is 1.63. The van der Waals surface area contributed by atoms with E-state index in [0.29, 0.717) is 6.00 Å². The number of alkyl halides is 1. The first-order valence-corrected chi connectivity index (χ1v) is 5.16. The van der Waals surface area contributed by atoms with Gasteiger partial charge in [-0.2, -0.15) is 0 Å². The van der Waals surface area contributed by atoms with Gasteiger partial charge >= 0.3 is 0 Å². The van der Waals surface area contributed by atoms with E-state index in [1.807, 2.05) is 0 Å². The number of fused-ring (bicyclic) bond motifs is 1. The summed E-state index contributed by atoms with van der Waals surface area (Å²) in [7, 11) is 2.06. The second kappa shape index (κ2) is 4.03. The fourth-order valence-corrected chi connectivity index (χ4v) is 1.84. The van der Waals surface area contributed by atoms with Crippen LogP contribution in [0, 0.1) is 0 Å². The molecule has 0 saturated carbocycles. The van der Waals surface area contributed by atoms with Crippen LogP contribution >= 0.6 is 11.6 Å². The van der Waals surface area contributed by atoms with Gasteiger partial charge in [-0.3, -0.25) is 5.32 Å². The Labute approximate surface area is 88.5 Å². The number of benzene rings is 1. The van der Waals surface area contributed by atoms with Gasteiger partial charge in [0.15, 0.2) is 0 Å². The van der Waals surface area contributed by atoms with E-state index in [-0.39, 0.29) is 0 Å². The van der Waals surface area contributed by atoms with Crippen LogP contribution in [0.25, 0.3) is 10.9 Å². The fourth-order valence-electron chi connectivity index (χ4n) is 1.75. The number of aryl methyl sites for hydroxylation is 1. The minimum absolute atomic E-state index is 0.489. The predicted molar refractivity (Wildman–Crippen MR) is 60.5 cm³/mol. The van der Waals surface area contributed by atoms with E-state index in [1.165, 1.54) is 16.5 Å². The van der Waals surface area contributed by atoms with E-state index >= 15 is 0 Å². The average Bonchev–Trinajstić information content (AvgIpc) is 2.54. The third-order valence-corrected chi connectivity index (χ3v) is 2.58. The number of hydrogen-bond acceptors (Lipinski definition) is 1. The van der Waals surface area contributed by atoms with Gasteiger partial charge in [-0.15, -0.1) is 11.6 Å². The zero-order valence-electron chi connectivity index (χ0n) is 8.13. The molecule has 0 amide bonds. The Balaban J connectivity index is 2.44. The first-order valence-electron chi connectivity index (χ1n) is 4.62. The number of nitrogens with one attached hydrogen (secondary N) is 1. The van der Waals surface area contributed by atoms with E-state index in [2.05, 4.69) is 47.4 Å². The molecule has 0 aliphatic rings. The highest BCUT2D eigenvalue weighted by molar-refractivity contribution is 6.17. The molecule has 74 valence electrons. The maximum Gasteiger partial charge on any atom is 0.0716 e. The minimum atomic E-state index is 0.489. The number of halogens is 1. The monoisotopic (exact) mass is 208 g/mol. The lowest BCUT2D eigenvalue weighted by Crippen LogP contribution is -2.09. The quantitative estimate of drug-likeness (QED) is 0.606. The number of nitrogens with zero attached hydrogens (tertiary/aromatic N) is 1. The standard InChI is InChI=1S/C11H13ClN2/c1-14-7-9(6-13-8-12)10-4-2-3-5-11(10)14/h2-5,7,13H,6,8H2,1H3. The smallest absolute Gasteiger partial charge is 0.0716 e. The maximum absolute atomic E-state index is 5.59. The molecule has 2 nitrogen and oxygen atoms in total. The Morgan fingerprint density at radius 1 is 1.36 bits per heavy atom. The van der Waals surface area contributed by atoms with E-state index in [9.17, 15) is 0 Å². The Morgan fingerprint density at radius 3 is 2.93 bits per heavy atom. The SMILES string of the molecule is Cn1cc(CNCCl)c2ccccc21. The summed E-state index contributed by atoms with van der Waals surface area (Å²) in [6, 6.07) is 8.87. The van der Waals surface area contributed by atoms with Crippen molar-refractivity contribution in [3.05, 3.63) is 36.0 Å². The molecule has 2 aromatic rings. The number of aromatic nitrogens is 1. The molecule has 1 N–H and O–H groups in total. The summed E-state index contributed by atoms with van der Waals surface area (Å²) in [6.07, 6.45) is 2.14. The summed E-state index contributed by atoms with van der Waals surface area (Å²) in [5.74, 6) is 0. The van der Waals surface area contributed by atoms with Crippen molar-refractivity contribution >= 4 is 22.5 Å². The molecule has 0 spiro atoms. The van der Waals surface area contributed by atoms with Crippen LogP contribution in [0.1, 0.15) is 5.56 Å². The molecular formula is C11H13ClN2. The zero-order valence-corrected chi connectivity index (χ0v) is 8.88. The molecule has 0 fully saturated rings. The topological polar surface area (TPSA) is 17.0 Å². The summed E-state index contributed by atoms with van der Waals surface area (Å²) >= 11 is 5.59. The van der Waals surface area contributed by atoms with Crippen LogP contribution in [-0.4, -0.2) is 10.6 Å². The molecule has 0 atom stereocenters. The lowest BCUT2D eigenvalue weighted by Gasteiger charge is -1.97. The highest BCUT2D eigenvalue weighted by atomic mass is 35.5. The number of hydrogen-bond donors (Lipinski definition) is 1. The van der Waals surface area contributed by atoms with Gasteiger partial charge in [0.2, 0.25) is 0 Å². The van der Waals surface area contributed by atoms with Crippen molar-refractivity contribution in [2.75, 3.05) is 6.00 Å². The van der Waals surface area contributed by atoms with Gasteiger partial charge in [0.1, 0.15) is 0 Å². The van der Waals surface area contributed by atoms with Crippen LogP contribution < -0.4 is 5.32 Å². The van der Waals surface area contributed by atoms with Crippen LogP contribution in [0.5, 0.6) is 0 Å². The van der Waals surface area contributed by atoms with E-state index in [0.717, 1.165) is 6.54 Å². The third-order valence-electron chi connectivity index (χ3n) is 2.39. The van der Waals surface area contributed by atoms with Crippen molar-refractivity contribution in [1.29, 1.82) is 0 Å². The van der Waals surface area contributed by atoms with Gasteiger partial charge in [0, 0.05) is 30.7 Å². The Kier molecular flexibility index (Phi) is 2.75. The van der Waals surface area contributed by atoms with Crippen LogP contribution in [0.15, 0.2) is 30.5 Å². The Bertz CT molecular complexity index is 434. The normalized spacial score (nSPS) is 11.0. The molecule has 0 bridgehead atoms. The van der Waals surface area contributed by atoms with Crippen molar-refractivity contribution in [3.63, 3.8) is 0 Å². The average molecular weight is 209 g/mol. The molecule has 0 aliphatic carbocycles. The number of para-hydroxylation sites is 1. The minimum Gasteiger partial charge on any atom is -0.350 e. The van der Waals surface area contributed by atoms with Gasteiger partial charge < -0.3 is 4.57 Å². The summed E-state index contributed by atoms with van der Waals surface area (Å²) in [4.78, 5) is 0. The lowest BCUT2D eigenvalue weighted by molar-refractivity contribution is 0.790. The van der Waals surface area contributed by atoms with Crippen molar-refractivity contribution in [2.45, 2.75) is 6.54 Å². The van der Waals surface area contributed by atoms with Crippen molar-refractivity contribution in [2.24, 2.45) is 7.05 Å². The Morgan fingerprint density at radius 2 is 2.14 bits per heavy atom. The molecule has 14 heavy (non-hydrogen) atoms. The van der Waals surface area contributed by atoms with Crippen LogP contribution in [0.4, 0.5) is 0 Å². The summed E-state index contributed by atoms with van der Waals surface area (Å²) in [5, 5.41) is 4.42. The summed E-state index contributed by atoms with van der Waals surface area (Å²) in [5.41, 5.74) is 2.56. The van der Waals surface area contributed by atoms with Gasteiger partial charge in [-0.05, 0) is 11.6 Å². The van der Waals surface area contributed by atoms with Crippen LogP contribution in [0.2, 0.25) is 0 Å². The molecule has 1 heterocycles. The van der Waals surface area contributed by atoms with Crippen LogP contribution in [0.3, 0.4) is 0 Å². The molecule has 1 aromatic carbocycles. The molecular weight excluding hydrogens is 196 g/mol. The first kappa shape index (κ1) is 9.56. The van der Waals surface area contributed by atoms with E-state index in [1.54, 1.807) is 0 Å². The molecule has 3 heteroatoms. The highest BCUT2D eigenvalue weighted by Crippen LogP contribution is 2.19.